The van der Waals surface area contributed by atoms with E-state index in [2.05, 4.69) is 15.2 Å². The van der Waals surface area contributed by atoms with Crippen molar-refractivity contribution in [2.75, 3.05) is 44.4 Å². The van der Waals surface area contributed by atoms with Gasteiger partial charge in [-0.3, -0.25) is 9.78 Å². The molecule has 0 saturated carbocycles. The Balaban J connectivity index is 1.45. The molecule has 27 heavy (non-hydrogen) atoms. The van der Waals surface area contributed by atoms with E-state index in [0.29, 0.717) is 37.9 Å². The molecule has 1 saturated heterocycles. The lowest BCUT2D eigenvalue weighted by molar-refractivity contribution is 0.0934. The molecule has 0 spiro atoms. The summed E-state index contributed by atoms with van der Waals surface area (Å²) in [6.07, 6.45) is 1.68. The van der Waals surface area contributed by atoms with E-state index in [1.165, 1.54) is 0 Å². The summed E-state index contributed by atoms with van der Waals surface area (Å²) in [5.41, 5.74) is 2.35. The summed E-state index contributed by atoms with van der Waals surface area (Å²) in [6.45, 7) is 6.07. The van der Waals surface area contributed by atoms with Crippen LogP contribution in [0.4, 0.5) is 5.69 Å². The quantitative estimate of drug-likeness (QED) is 0.891. The molecule has 4 rings (SSSR count). The van der Waals surface area contributed by atoms with Crippen molar-refractivity contribution in [3.8, 4) is 11.5 Å². The highest BCUT2D eigenvalue weighted by Crippen LogP contribution is 2.32. The van der Waals surface area contributed by atoms with Crippen molar-refractivity contribution in [2.24, 2.45) is 0 Å². The highest BCUT2D eigenvalue weighted by atomic mass is 16.6. The van der Waals surface area contributed by atoms with E-state index in [9.17, 15) is 4.79 Å². The summed E-state index contributed by atoms with van der Waals surface area (Å²) in [6, 6.07) is 9.31. The number of carbonyl (C=O) groups excluding carboxylic acids is 1. The molecule has 1 aromatic heterocycles. The zero-order chi connectivity index (χ0) is 18.6. The maximum atomic E-state index is 12.7. The molecule has 1 fully saturated rings. The van der Waals surface area contributed by atoms with Crippen LogP contribution in [0.5, 0.6) is 11.5 Å². The van der Waals surface area contributed by atoms with Gasteiger partial charge < -0.3 is 24.4 Å². The summed E-state index contributed by atoms with van der Waals surface area (Å²) in [5, 5.41) is 3.01. The Kier molecular flexibility index (Phi) is 5.11. The SMILES string of the molecule is CC(NC(=O)c1cc(N2CCOCC2)ccn1)c1ccc2c(c1)OCCO2. The normalized spacial score (nSPS) is 17.3. The molecule has 142 valence electrons. The number of ether oxygens (including phenoxy) is 3. The molecule has 2 aliphatic heterocycles. The highest BCUT2D eigenvalue weighted by molar-refractivity contribution is 5.93. The van der Waals surface area contributed by atoms with Crippen molar-refractivity contribution in [3.05, 3.63) is 47.8 Å². The van der Waals surface area contributed by atoms with Gasteiger partial charge in [-0.1, -0.05) is 6.07 Å². The predicted molar refractivity (Wildman–Crippen MR) is 101 cm³/mol. The fraction of sp³-hybridized carbons (Fsp3) is 0.400. The van der Waals surface area contributed by atoms with Gasteiger partial charge in [-0.25, -0.2) is 0 Å². The third-order valence-corrected chi connectivity index (χ3v) is 4.77. The Morgan fingerprint density at radius 1 is 1.07 bits per heavy atom. The molecule has 1 N–H and O–H groups in total. The average molecular weight is 369 g/mol. The first-order valence-electron chi connectivity index (χ1n) is 9.20. The van der Waals surface area contributed by atoms with Gasteiger partial charge in [0.05, 0.1) is 19.3 Å². The monoisotopic (exact) mass is 369 g/mol. The predicted octanol–water partition coefficient (Wildman–Crippen LogP) is 2.18. The number of hydrogen-bond donors (Lipinski definition) is 1. The largest absolute Gasteiger partial charge is 0.486 e. The maximum Gasteiger partial charge on any atom is 0.270 e. The number of morpholine rings is 1. The molecule has 3 heterocycles. The fourth-order valence-corrected chi connectivity index (χ4v) is 3.25. The van der Waals surface area contributed by atoms with Crippen LogP contribution in [0.3, 0.4) is 0 Å². The van der Waals surface area contributed by atoms with Gasteiger partial charge in [-0.2, -0.15) is 0 Å². The van der Waals surface area contributed by atoms with Crippen LogP contribution in [-0.4, -0.2) is 50.4 Å². The van der Waals surface area contributed by atoms with E-state index >= 15 is 0 Å². The number of benzene rings is 1. The van der Waals surface area contributed by atoms with Crippen LogP contribution in [0.25, 0.3) is 0 Å². The van der Waals surface area contributed by atoms with E-state index in [4.69, 9.17) is 14.2 Å². The minimum absolute atomic E-state index is 0.179. The van der Waals surface area contributed by atoms with Crippen molar-refractivity contribution in [1.82, 2.24) is 10.3 Å². The molecule has 0 aliphatic carbocycles. The lowest BCUT2D eigenvalue weighted by Crippen LogP contribution is -2.36. The number of nitrogens with zero attached hydrogens (tertiary/aromatic N) is 2. The van der Waals surface area contributed by atoms with Gasteiger partial charge in [0.1, 0.15) is 18.9 Å². The van der Waals surface area contributed by atoms with Crippen molar-refractivity contribution in [1.29, 1.82) is 0 Å². The molecule has 0 radical (unpaired) electrons. The first kappa shape index (κ1) is 17.6. The summed E-state index contributed by atoms with van der Waals surface area (Å²) >= 11 is 0. The number of anilines is 1. The molecule has 2 aromatic rings. The second-order valence-corrected chi connectivity index (χ2v) is 6.60. The minimum atomic E-state index is -0.201. The average Bonchev–Trinajstić information content (AvgIpc) is 2.74. The van der Waals surface area contributed by atoms with E-state index in [0.717, 1.165) is 30.1 Å². The number of fused-ring (bicyclic) bond motifs is 1. The first-order valence-corrected chi connectivity index (χ1v) is 9.20. The second kappa shape index (κ2) is 7.84. The van der Waals surface area contributed by atoms with E-state index in [1.807, 2.05) is 37.3 Å². The number of amides is 1. The van der Waals surface area contributed by atoms with Gasteiger partial charge in [0.25, 0.3) is 5.91 Å². The standard InChI is InChI=1S/C20H23N3O4/c1-14(15-2-3-18-19(12-15)27-11-10-26-18)22-20(24)17-13-16(4-5-21-17)23-6-8-25-9-7-23/h2-5,12-14H,6-11H2,1H3,(H,22,24). The molecular formula is C20H23N3O4. The summed E-state index contributed by atoms with van der Waals surface area (Å²) in [5.74, 6) is 1.25. The van der Waals surface area contributed by atoms with Crippen molar-refractivity contribution >= 4 is 11.6 Å². The van der Waals surface area contributed by atoms with Crippen LogP contribution in [0.1, 0.15) is 29.0 Å². The van der Waals surface area contributed by atoms with Gasteiger partial charge in [0.15, 0.2) is 11.5 Å². The van der Waals surface area contributed by atoms with Gasteiger partial charge in [0.2, 0.25) is 0 Å². The number of hydrogen-bond acceptors (Lipinski definition) is 6. The molecule has 1 unspecified atom stereocenters. The number of nitrogens with one attached hydrogen (secondary N) is 1. The zero-order valence-corrected chi connectivity index (χ0v) is 15.3. The van der Waals surface area contributed by atoms with Crippen LogP contribution >= 0.6 is 0 Å². The Morgan fingerprint density at radius 2 is 1.85 bits per heavy atom. The number of aromatic nitrogens is 1. The van der Waals surface area contributed by atoms with Gasteiger partial charge >= 0.3 is 0 Å². The molecule has 0 bridgehead atoms. The van der Waals surface area contributed by atoms with Crippen molar-refractivity contribution in [2.45, 2.75) is 13.0 Å². The second-order valence-electron chi connectivity index (χ2n) is 6.60. The maximum absolute atomic E-state index is 12.7. The van der Waals surface area contributed by atoms with Crippen LogP contribution in [0.15, 0.2) is 36.5 Å². The molecule has 1 aromatic carbocycles. The Labute approximate surface area is 158 Å². The number of pyridine rings is 1. The molecule has 2 aliphatic rings. The third kappa shape index (κ3) is 3.98. The molecule has 1 amide bonds. The summed E-state index contributed by atoms with van der Waals surface area (Å²) < 4.78 is 16.5. The highest BCUT2D eigenvalue weighted by Gasteiger charge is 2.18. The number of rotatable bonds is 4. The van der Waals surface area contributed by atoms with Crippen LogP contribution in [0.2, 0.25) is 0 Å². The lowest BCUT2D eigenvalue weighted by Gasteiger charge is -2.29. The Hall–Kier alpha value is -2.80. The lowest BCUT2D eigenvalue weighted by atomic mass is 10.1. The van der Waals surface area contributed by atoms with Gasteiger partial charge in [-0.05, 0) is 36.8 Å². The smallest absolute Gasteiger partial charge is 0.270 e. The fourth-order valence-electron chi connectivity index (χ4n) is 3.25. The van der Waals surface area contributed by atoms with Crippen LogP contribution < -0.4 is 19.7 Å². The number of carbonyl (C=O) groups is 1. The van der Waals surface area contributed by atoms with E-state index < -0.39 is 0 Å². The molecule has 7 nitrogen and oxygen atoms in total. The molecule has 7 heteroatoms. The van der Waals surface area contributed by atoms with Gasteiger partial charge in [-0.15, -0.1) is 0 Å². The minimum Gasteiger partial charge on any atom is -0.486 e. The van der Waals surface area contributed by atoms with Gasteiger partial charge in [0, 0.05) is 25.0 Å². The van der Waals surface area contributed by atoms with E-state index in [1.54, 1.807) is 6.20 Å². The van der Waals surface area contributed by atoms with Crippen LogP contribution in [-0.2, 0) is 4.74 Å². The van der Waals surface area contributed by atoms with E-state index in [-0.39, 0.29) is 11.9 Å². The third-order valence-electron chi connectivity index (χ3n) is 4.77. The Bertz CT molecular complexity index is 821. The van der Waals surface area contributed by atoms with Crippen molar-refractivity contribution in [3.63, 3.8) is 0 Å². The van der Waals surface area contributed by atoms with Crippen LogP contribution in [0, 0.1) is 0 Å². The topological polar surface area (TPSA) is 72.9 Å². The summed E-state index contributed by atoms with van der Waals surface area (Å²) in [4.78, 5) is 19.1. The zero-order valence-electron chi connectivity index (χ0n) is 15.3. The van der Waals surface area contributed by atoms with Crippen molar-refractivity contribution < 1.29 is 19.0 Å². The molecular weight excluding hydrogens is 346 g/mol. The first-order chi connectivity index (χ1) is 13.2. The molecule has 1 atom stereocenters. The summed E-state index contributed by atoms with van der Waals surface area (Å²) in [7, 11) is 0. The Morgan fingerprint density at radius 3 is 2.67 bits per heavy atom.